The maximum absolute atomic E-state index is 12.4. The van der Waals surface area contributed by atoms with E-state index in [0.717, 1.165) is 32.5 Å². The molecule has 8 nitrogen and oxygen atoms in total. The SMILES string of the molecule is O=C1CN2C(=O)CN(C(=O)C3CO3)C2CN1CC1CCNCC1. The van der Waals surface area contributed by atoms with Gasteiger partial charge in [-0.15, -0.1) is 0 Å². The van der Waals surface area contributed by atoms with E-state index in [-0.39, 0.29) is 37.0 Å². The second-order valence-corrected chi connectivity index (χ2v) is 6.78. The van der Waals surface area contributed by atoms with Gasteiger partial charge in [-0.25, -0.2) is 0 Å². The maximum Gasteiger partial charge on any atom is 0.256 e. The Hall–Kier alpha value is -1.67. The van der Waals surface area contributed by atoms with E-state index in [2.05, 4.69) is 5.32 Å². The quantitative estimate of drug-likeness (QED) is 0.621. The predicted molar refractivity (Wildman–Crippen MR) is 79.1 cm³/mol. The molecule has 4 heterocycles. The summed E-state index contributed by atoms with van der Waals surface area (Å²) in [6, 6.07) is 0. The molecule has 0 aromatic heterocycles. The van der Waals surface area contributed by atoms with Gasteiger partial charge in [0.05, 0.1) is 13.2 Å². The smallest absolute Gasteiger partial charge is 0.256 e. The lowest BCUT2D eigenvalue weighted by molar-refractivity contribution is -0.149. The molecule has 0 radical (unpaired) electrons. The second-order valence-electron chi connectivity index (χ2n) is 6.78. The number of hydrogen-bond acceptors (Lipinski definition) is 5. The average Bonchev–Trinajstić information content (AvgIpc) is 3.35. The van der Waals surface area contributed by atoms with Gasteiger partial charge in [0.15, 0.2) is 6.10 Å². The number of nitrogens with zero attached hydrogens (tertiary/aromatic N) is 3. The van der Waals surface area contributed by atoms with Crippen molar-refractivity contribution in [2.45, 2.75) is 25.1 Å². The standard InChI is InChI=1S/C15H22N4O4/c20-13-7-18-12(6-17(13)5-10-1-3-16-4-2-10)19(8-14(18)21)15(22)11-9-23-11/h10-12,16H,1-9H2. The van der Waals surface area contributed by atoms with Crippen LogP contribution in [0.4, 0.5) is 0 Å². The van der Waals surface area contributed by atoms with Gasteiger partial charge in [-0.05, 0) is 31.8 Å². The van der Waals surface area contributed by atoms with Crippen LogP contribution in [0.3, 0.4) is 0 Å². The molecule has 1 N–H and O–H groups in total. The molecule has 0 saturated carbocycles. The third kappa shape index (κ3) is 2.81. The normalized spacial score (nSPS) is 31.6. The number of piperidine rings is 1. The fraction of sp³-hybridized carbons (Fsp3) is 0.800. The van der Waals surface area contributed by atoms with Crippen molar-refractivity contribution < 1.29 is 19.1 Å². The van der Waals surface area contributed by atoms with Crippen LogP contribution in [0.15, 0.2) is 0 Å². The Morgan fingerprint density at radius 1 is 1.17 bits per heavy atom. The van der Waals surface area contributed by atoms with Crippen LogP contribution in [0.25, 0.3) is 0 Å². The number of amides is 3. The molecular weight excluding hydrogens is 300 g/mol. The summed E-state index contributed by atoms with van der Waals surface area (Å²) in [5, 5.41) is 3.32. The fourth-order valence-corrected chi connectivity index (χ4v) is 3.76. The van der Waals surface area contributed by atoms with Crippen LogP contribution in [0.2, 0.25) is 0 Å². The average molecular weight is 322 g/mol. The Balaban J connectivity index is 1.45. The summed E-state index contributed by atoms with van der Waals surface area (Å²) in [7, 11) is 0. The largest absolute Gasteiger partial charge is 0.363 e. The van der Waals surface area contributed by atoms with E-state index < -0.39 is 6.10 Å². The van der Waals surface area contributed by atoms with Gasteiger partial charge in [0.25, 0.3) is 5.91 Å². The van der Waals surface area contributed by atoms with Crippen LogP contribution in [-0.2, 0) is 19.1 Å². The Labute approximate surface area is 134 Å². The molecule has 0 bridgehead atoms. The lowest BCUT2D eigenvalue weighted by Crippen LogP contribution is -2.60. The van der Waals surface area contributed by atoms with Gasteiger partial charge in [-0.1, -0.05) is 0 Å². The first-order chi connectivity index (χ1) is 11.1. The number of fused-ring (bicyclic) bond motifs is 1. The first kappa shape index (κ1) is 14.9. The highest BCUT2D eigenvalue weighted by atomic mass is 16.6. The number of rotatable bonds is 3. The predicted octanol–water partition coefficient (Wildman–Crippen LogP) is -1.78. The van der Waals surface area contributed by atoms with E-state index in [1.165, 1.54) is 0 Å². The first-order valence-corrected chi connectivity index (χ1v) is 8.33. The summed E-state index contributed by atoms with van der Waals surface area (Å²) < 4.78 is 5.06. The van der Waals surface area contributed by atoms with E-state index in [1.807, 2.05) is 4.90 Å². The molecule has 4 rings (SSSR count). The molecule has 0 aromatic carbocycles. The second kappa shape index (κ2) is 5.76. The Morgan fingerprint density at radius 3 is 2.61 bits per heavy atom. The topological polar surface area (TPSA) is 85.5 Å². The minimum Gasteiger partial charge on any atom is -0.363 e. The molecular formula is C15H22N4O4. The van der Waals surface area contributed by atoms with Crippen LogP contribution in [-0.4, -0.2) is 90.6 Å². The third-order valence-corrected chi connectivity index (χ3v) is 5.22. The highest BCUT2D eigenvalue weighted by Gasteiger charge is 2.49. The highest BCUT2D eigenvalue weighted by Crippen LogP contribution is 2.26. The number of ether oxygens (including phenoxy) is 1. The number of nitrogens with one attached hydrogen (secondary N) is 1. The van der Waals surface area contributed by atoms with Crippen molar-refractivity contribution in [3.05, 3.63) is 0 Å². The zero-order valence-electron chi connectivity index (χ0n) is 13.1. The summed E-state index contributed by atoms with van der Waals surface area (Å²) in [5.41, 5.74) is 0. The van der Waals surface area contributed by atoms with Crippen molar-refractivity contribution in [1.82, 2.24) is 20.0 Å². The number of carbonyl (C=O) groups excluding carboxylic acids is 3. The molecule has 4 saturated heterocycles. The summed E-state index contributed by atoms with van der Waals surface area (Å²) in [4.78, 5) is 41.8. The van der Waals surface area contributed by atoms with E-state index in [1.54, 1.807) is 9.80 Å². The van der Waals surface area contributed by atoms with Crippen LogP contribution in [0, 0.1) is 5.92 Å². The summed E-state index contributed by atoms with van der Waals surface area (Å²) in [6.07, 6.45) is 1.42. The van der Waals surface area contributed by atoms with Gasteiger partial charge in [0, 0.05) is 6.54 Å². The van der Waals surface area contributed by atoms with Crippen molar-refractivity contribution >= 4 is 17.7 Å². The van der Waals surface area contributed by atoms with Gasteiger partial charge in [-0.3, -0.25) is 14.4 Å². The van der Waals surface area contributed by atoms with E-state index in [9.17, 15) is 14.4 Å². The van der Waals surface area contributed by atoms with E-state index in [4.69, 9.17) is 4.74 Å². The van der Waals surface area contributed by atoms with Crippen molar-refractivity contribution in [2.24, 2.45) is 5.92 Å². The van der Waals surface area contributed by atoms with Crippen molar-refractivity contribution in [2.75, 3.05) is 45.9 Å². The van der Waals surface area contributed by atoms with E-state index in [0.29, 0.717) is 19.1 Å². The van der Waals surface area contributed by atoms with E-state index >= 15 is 0 Å². The molecule has 4 aliphatic rings. The lowest BCUT2D eigenvalue weighted by Gasteiger charge is -2.41. The zero-order chi connectivity index (χ0) is 16.0. The summed E-state index contributed by atoms with van der Waals surface area (Å²) >= 11 is 0. The van der Waals surface area contributed by atoms with Crippen molar-refractivity contribution in [3.8, 4) is 0 Å². The molecule has 2 atom stereocenters. The monoisotopic (exact) mass is 322 g/mol. The fourth-order valence-electron chi connectivity index (χ4n) is 3.76. The maximum atomic E-state index is 12.4. The molecule has 0 aliphatic carbocycles. The molecule has 8 heteroatoms. The molecule has 2 unspecified atom stereocenters. The minimum atomic E-state index is -0.391. The molecule has 0 aromatic rings. The van der Waals surface area contributed by atoms with Crippen LogP contribution in [0.5, 0.6) is 0 Å². The van der Waals surface area contributed by atoms with Crippen LogP contribution < -0.4 is 5.32 Å². The van der Waals surface area contributed by atoms with Gasteiger partial charge in [-0.2, -0.15) is 0 Å². The van der Waals surface area contributed by atoms with Gasteiger partial charge >= 0.3 is 0 Å². The summed E-state index contributed by atoms with van der Waals surface area (Å²) in [5.74, 6) is 0.228. The Kier molecular flexibility index (Phi) is 3.73. The zero-order valence-corrected chi connectivity index (χ0v) is 13.1. The Morgan fingerprint density at radius 2 is 1.91 bits per heavy atom. The molecule has 0 spiro atoms. The molecule has 23 heavy (non-hydrogen) atoms. The van der Waals surface area contributed by atoms with Gasteiger partial charge in [0.2, 0.25) is 11.8 Å². The highest BCUT2D eigenvalue weighted by molar-refractivity contribution is 5.94. The Bertz CT molecular complexity index is 530. The first-order valence-electron chi connectivity index (χ1n) is 8.33. The third-order valence-electron chi connectivity index (χ3n) is 5.22. The van der Waals surface area contributed by atoms with Crippen LogP contribution in [0.1, 0.15) is 12.8 Å². The number of piperazine rings is 1. The van der Waals surface area contributed by atoms with Crippen molar-refractivity contribution in [1.29, 1.82) is 0 Å². The number of epoxide rings is 1. The lowest BCUT2D eigenvalue weighted by atomic mass is 9.97. The minimum absolute atomic E-state index is 0.00916. The molecule has 4 fully saturated rings. The number of carbonyl (C=O) groups is 3. The molecule has 3 amide bonds. The molecule has 126 valence electrons. The summed E-state index contributed by atoms with van der Waals surface area (Å²) in [6.45, 7) is 3.72. The number of hydrogen-bond donors (Lipinski definition) is 1. The van der Waals surface area contributed by atoms with Gasteiger partial charge < -0.3 is 24.8 Å². The van der Waals surface area contributed by atoms with Gasteiger partial charge in [0.1, 0.15) is 19.3 Å². The van der Waals surface area contributed by atoms with Crippen molar-refractivity contribution in [3.63, 3.8) is 0 Å². The van der Waals surface area contributed by atoms with Crippen LogP contribution >= 0.6 is 0 Å². The molecule has 4 aliphatic heterocycles.